The Balaban J connectivity index is 4.18. The van der Waals surface area contributed by atoms with Crippen molar-refractivity contribution in [2.45, 2.75) is 13.1 Å². The minimum absolute atomic E-state index is 0.233. The fourth-order valence-electron chi connectivity index (χ4n) is 0.884. The predicted octanol–water partition coefficient (Wildman–Crippen LogP) is -0.00750. The van der Waals surface area contributed by atoms with Gasteiger partial charge in [0.1, 0.15) is 0 Å². The highest BCUT2D eigenvalue weighted by molar-refractivity contribution is 7.31. The quantitative estimate of drug-likeness (QED) is 0.401. The topological polar surface area (TPSA) is 78.6 Å². The molecule has 0 spiro atoms. The molecule has 5 nitrogen and oxygen atoms in total. The number of carbonyl (C=O) groups is 2. The smallest absolute Gasteiger partial charge is 0.329 e. The van der Waals surface area contributed by atoms with Crippen molar-refractivity contribution in [3.05, 3.63) is 25.3 Å². The molecule has 96 valence electrons. The number of nitrogens with two attached hydrogens (primary N) is 1. The summed E-state index contributed by atoms with van der Waals surface area (Å²) >= 11 is 0. The van der Waals surface area contributed by atoms with Gasteiger partial charge < -0.3 is 14.9 Å². The van der Waals surface area contributed by atoms with Gasteiger partial charge in [-0.1, -0.05) is 26.3 Å². The van der Waals surface area contributed by atoms with E-state index in [1.165, 1.54) is 0 Å². The molecule has 17 heavy (non-hydrogen) atoms. The molecule has 0 aliphatic rings. The summed E-state index contributed by atoms with van der Waals surface area (Å²) in [6, 6.07) is 0. The summed E-state index contributed by atoms with van der Waals surface area (Å²) in [4.78, 5) is 21.9. The van der Waals surface area contributed by atoms with Gasteiger partial charge in [0.25, 0.3) is 0 Å². The Morgan fingerprint density at radius 2 is 1.76 bits per heavy atom. The number of rotatable bonds is 7. The Hall–Kier alpha value is -1.19. The normalized spacial score (nSPS) is 15.2. The molecule has 0 radical (unpaired) electrons. The van der Waals surface area contributed by atoms with Gasteiger partial charge in [0.05, 0.1) is 20.8 Å². The maximum atomic E-state index is 10.9. The Kier molecular flexibility index (Phi) is 6.70. The van der Waals surface area contributed by atoms with Gasteiger partial charge in [0.15, 0.2) is 7.75 Å². The second-order valence-electron chi connectivity index (χ2n) is 4.05. The van der Waals surface area contributed by atoms with Gasteiger partial charge in [0.2, 0.25) is 0 Å². The van der Waals surface area contributed by atoms with E-state index in [2.05, 4.69) is 13.2 Å². The van der Waals surface area contributed by atoms with Crippen LogP contribution in [0.15, 0.2) is 25.3 Å². The molecule has 0 amide bonds. The third-order valence-electron chi connectivity index (χ3n) is 2.46. The Morgan fingerprint density at radius 1 is 1.29 bits per heavy atom. The van der Waals surface area contributed by atoms with E-state index in [4.69, 9.17) is 14.9 Å². The number of ether oxygens (including phenoxy) is 2. The van der Waals surface area contributed by atoms with Crippen molar-refractivity contribution in [2.75, 3.05) is 12.5 Å². The van der Waals surface area contributed by atoms with Crippen molar-refractivity contribution in [2.24, 2.45) is 5.40 Å². The van der Waals surface area contributed by atoms with Crippen molar-refractivity contribution in [3.63, 3.8) is 0 Å². The summed E-state index contributed by atoms with van der Waals surface area (Å²) in [5, 5.41) is 6.16. The lowest BCUT2D eigenvalue weighted by Crippen LogP contribution is -2.62. The molecular weight excluding hydrogens is 254 g/mol. The molecule has 0 saturated carbocycles. The molecule has 0 aliphatic heterocycles. The van der Waals surface area contributed by atoms with Crippen LogP contribution < -0.4 is 5.40 Å². The van der Waals surface area contributed by atoms with Crippen LogP contribution in [0.3, 0.4) is 0 Å². The van der Waals surface area contributed by atoms with Gasteiger partial charge in [-0.2, -0.15) is 0 Å². The highest BCUT2D eigenvalue weighted by Crippen LogP contribution is 2.03. The molecule has 0 fully saturated rings. The molecule has 0 aromatic rings. The van der Waals surface area contributed by atoms with E-state index in [1.807, 2.05) is 13.1 Å². The molecule has 0 aromatic heterocycles. The molecule has 7 heteroatoms. The molecule has 0 aliphatic carbocycles. The van der Waals surface area contributed by atoms with Crippen LogP contribution in [-0.2, 0) is 19.1 Å². The van der Waals surface area contributed by atoms with Crippen LogP contribution in [0.2, 0.25) is 13.1 Å². The summed E-state index contributed by atoms with van der Waals surface area (Å²) in [5.41, 5.74) is 0. The zero-order valence-corrected chi connectivity index (χ0v) is 12.4. The molecule has 2 N–H and O–H groups in total. The van der Waals surface area contributed by atoms with Crippen LogP contribution in [0, 0.1) is 0 Å². The summed E-state index contributed by atoms with van der Waals surface area (Å²) in [5.74, 6) is -0.921. The number of hydrogen-bond donors (Lipinski definition) is 1. The predicted molar refractivity (Wildman–Crippen MR) is 71.1 cm³/mol. The van der Waals surface area contributed by atoms with Crippen LogP contribution in [0.1, 0.15) is 0 Å². The minimum atomic E-state index is -2.13. The average Bonchev–Trinajstić information content (AvgIpc) is 2.32. The van der Waals surface area contributed by atoms with E-state index in [-0.39, 0.29) is 6.23 Å². The highest BCUT2D eigenvalue weighted by atomic mass is 29.2. The SMILES string of the molecule is C=CC(=O)OC[SiH](C)[Si](C)(N)COC(=O)C=C. The van der Waals surface area contributed by atoms with Crippen LogP contribution in [0.4, 0.5) is 0 Å². The van der Waals surface area contributed by atoms with Crippen molar-refractivity contribution < 1.29 is 19.1 Å². The van der Waals surface area contributed by atoms with Crippen LogP contribution in [0.25, 0.3) is 0 Å². The molecular formula is C10H19NO4Si2. The Bertz CT molecular complexity index is 317. The molecule has 0 rings (SSSR count). The van der Waals surface area contributed by atoms with E-state index >= 15 is 0 Å². The first-order chi connectivity index (χ1) is 7.83. The second kappa shape index (κ2) is 7.20. The lowest BCUT2D eigenvalue weighted by molar-refractivity contribution is -0.137. The summed E-state index contributed by atoms with van der Waals surface area (Å²) < 4.78 is 9.94. The summed E-state index contributed by atoms with van der Waals surface area (Å²) in [7, 11) is -3.57. The van der Waals surface area contributed by atoms with Crippen molar-refractivity contribution in [1.82, 2.24) is 0 Å². The third-order valence-corrected chi connectivity index (χ3v) is 13.9. The van der Waals surface area contributed by atoms with Crippen molar-refractivity contribution in [3.8, 4) is 0 Å². The fraction of sp³-hybridized carbons (Fsp3) is 0.400. The van der Waals surface area contributed by atoms with Gasteiger partial charge in [-0.25, -0.2) is 9.59 Å². The van der Waals surface area contributed by atoms with Gasteiger partial charge in [-0.3, -0.25) is 0 Å². The second-order valence-corrected chi connectivity index (χ2v) is 16.4. The van der Waals surface area contributed by atoms with Gasteiger partial charge in [-0.15, -0.1) is 0 Å². The zero-order valence-electron chi connectivity index (χ0n) is 10.3. The van der Waals surface area contributed by atoms with Gasteiger partial charge in [-0.05, 0) is 0 Å². The summed E-state index contributed by atoms with van der Waals surface area (Å²) in [6.07, 6.45) is 2.80. The number of hydrogen-bond acceptors (Lipinski definition) is 5. The standard InChI is InChI=1S/C10H19NO4Si2/c1-5-9(12)14-7-16(3)17(4,11)8-15-10(13)6-2/h5-6,16H,1-2,7-8,11H2,3-4H3. The molecule has 0 aromatic carbocycles. The monoisotopic (exact) mass is 273 g/mol. The van der Waals surface area contributed by atoms with Crippen molar-refractivity contribution in [1.29, 1.82) is 0 Å². The number of carbonyl (C=O) groups excluding carboxylic acids is 2. The highest BCUT2D eigenvalue weighted by Gasteiger charge is 2.33. The van der Waals surface area contributed by atoms with Gasteiger partial charge >= 0.3 is 11.9 Å². The first-order valence-electron chi connectivity index (χ1n) is 5.20. The van der Waals surface area contributed by atoms with E-state index < -0.39 is 28.0 Å². The lowest BCUT2D eigenvalue weighted by Gasteiger charge is -2.26. The Morgan fingerprint density at radius 3 is 2.24 bits per heavy atom. The molecule has 0 heterocycles. The maximum Gasteiger partial charge on any atom is 0.329 e. The van der Waals surface area contributed by atoms with E-state index in [9.17, 15) is 9.59 Å². The van der Waals surface area contributed by atoms with E-state index in [1.54, 1.807) is 0 Å². The average molecular weight is 273 g/mol. The van der Waals surface area contributed by atoms with Crippen molar-refractivity contribution >= 4 is 28.0 Å². The first kappa shape index (κ1) is 15.8. The third kappa shape index (κ3) is 6.20. The van der Waals surface area contributed by atoms with E-state index in [0.717, 1.165) is 12.2 Å². The molecule has 2 atom stereocenters. The largest absolute Gasteiger partial charge is 0.467 e. The first-order valence-corrected chi connectivity index (χ1v) is 11.8. The van der Waals surface area contributed by atoms with Crippen LogP contribution >= 0.6 is 0 Å². The van der Waals surface area contributed by atoms with Crippen LogP contribution in [0.5, 0.6) is 0 Å². The molecule has 0 saturated heterocycles. The number of esters is 2. The lowest BCUT2D eigenvalue weighted by atomic mass is 10.7. The maximum absolute atomic E-state index is 10.9. The van der Waals surface area contributed by atoms with Crippen LogP contribution in [-0.4, -0.2) is 40.5 Å². The molecule has 0 bridgehead atoms. The zero-order chi connectivity index (χ0) is 13.5. The molecule has 2 unspecified atom stereocenters. The fourth-order valence-corrected chi connectivity index (χ4v) is 4.91. The van der Waals surface area contributed by atoms with E-state index in [0.29, 0.717) is 6.23 Å². The minimum Gasteiger partial charge on any atom is -0.467 e. The summed E-state index contributed by atoms with van der Waals surface area (Å²) in [6.45, 7) is 10.5. The Labute approximate surface area is 104 Å². The van der Waals surface area contributed by atoms with Gasteiger partial charge in [0, 0.05) is 12.2 Å².